The van der Waals surface area contributed by atoms with Gasteiger partial charge in [-0.25, -0.2) is 4.98 Å². The number of hydrogen-bond acceptors (Lipinski definition) is 4. The predicted molar refractivity (Wildman–Crippen MR) is 95.7 cm³/mol. The van der Waals surface area contributed by atoms with Crippen LogP contribution < -0.4 is 10.6 Å². The summed E-state index contributed by atoms with van der Waals surface area (Å²) in [6.45, 7) is 4.17. The molecular weight excluding hydrogens is 306 g/mol. The van der Waals surface area contributed by atoms with Crippen LogP contribution in [0, 0.1) is 12.8 Å². The van der Waals surface area contributed by atoms with E-state index in [1.54, 1.807) is 11.3 Å². The van der Waals surface area contributed by atoms with Gasteiger partial charge in [-0.15, -0.1) is 11.3 Å². The van der Waals surface area contributed by atoms with Crippen LogP contribution in [0.1, 0.15) is 31.4 Å². The Kier molecular flexibility index (Phi) is 5.41. The summed E-state index contributed by atoms with van der Waals surface area (Å²) < 4.78 is 0. The molecule has 1 saturated heterocycles. The summed E-state index contributed by atoms with van der Waals surface area (Å²) in [6.07, 6.45) is 3.98. The van der Waals surface area contributed by atoms with Gasteiger partial charge in [-0.05, 0) is 69.5 Å². The Balaban J connectivity index is 1.50. The highest BCUT2D eigenvalue weighted by molar-refractivity contribution is 7.13. The zero-order valence-corrected chi connectivity index (χ0v) is 14.3. The number of nitrogens with zero attached hydrogens (tertiary/aromatic N) is 1. The first-order valence-electron chi connectivity index (χ1n) is 8.24. The van der Waals surface area contributed by atoms with Gasteiger partial charge in [-0.3, -0.25) is 4.79 Å². The van der Waals surface area contributed by atoms with Crippen LogP contribution in [-0.4, -0.2) is 24.0 Å². The summed E-state index contributed by atoms with van der Waals surface area (Å²) in [5.41, 5.74) is 2.99. The fourth-order valence-electron chi connectivity index (χ4n) is 2.91. The van der Waals surface area contributed by atoms with Crippen LogP contribution in [0.4, 0.5) is 5.69 Å². The lowest BCUT2D eigenvalue weighted by molar-refractivity contribution is -0.116. The Morgan fingerprint density at radius 3 is 2.70 bits per heavy atom. The van der Waals surface area contributed by atoms with Crippen LogP contribution in [0.2, 0.25) is 0 Å². The highest BCUT2D eigenvalue weighted by atomic mass is 32.1. The normalized spacial score (nSPS) is 15.5. The zero-order valence-electron chi connectivity index (χ0n) is 13.5. The monoisotopic (exact) mass is 329 g/mol. The maximum atomic E-state index is 12.1. The number of rotatable bonds is 5. The van der Waals surface area contributed by atoms with Gasteiger partial charge in [0, 0.05) is 28.7 Å². The maximum absolute atomic E-state index is 12.1. The van der Waals surface area contributed by atoms with Gasteiger partial charge >= 0.3 is 0 Å². The average Bonchev–Trinajstić information content (AvgIpc) is 3.01. The van der Waals surface area contributed by atoms with E-state index in [1.165, 1.54) is 12.8 Å². The fraction of sp³-hybridized carbons (Fsp3) is 0.444. The number of aromatic nitrogens is 1. The standard InChI is InChI=1S/C18H23N3OS/c1-13-12-23-18(20-13)15-3-5-16(6-4-15)21-17(22)7-2-14-8-10-19-11-9-14/h3-6,12,14,19H,2,7-11H2,1H3,(H,21,22). The lowest BCUT2D eigenvalue weighted by atomic mass is 9.93. The molecule has 0 unspecified atom stereocenters. The van der Waals surface area contributed by atoms with E-state index in [2.05, 4.69) is 15.6 Å². The number of aryl methyl sites for hydroxylation is 1. The highest BCUT2D eigenvalue weighted by Gasteiger charge is 2.14. The number of benzene rings is 1. The molecule has 1 amide bonds. The molecule has 2 N–H and O–H groups in total. The quantitative estimate of drug-likeness (QED) is 0.876. The van der Waals surface area contributed by atoms with E-state index in [4.69, 9.17) is 0 Å². The molecule has 1 aliphatic heterocycles. The third-order valence-electron chi connectivity index (χ3n) is 4.27. The lowest BCUT2D eigenvalue weighted by Crippen LogP contribution is -2.28. The van der Waals surface area contributed by atoms with Crippen molar-refractivity contribution in [2.45, 2.75) is 32.6 Å². The van der Waals surface area contributed by atoms with E-state index in [0.717, 1.165) is 41.5 Å². The van der Waals surface area contributed by atoms with Crippen LogP contribution >= 0.6 is 11.3 Å². The molecule has 0 bridgehead atoms. The van der Waals surface area contributed by atoms with E-state index in [1.807, 2.05) is 36.6 Å². The predicted octanol–water partition coefficient (Wildman–Crippen LogP) is 3.84. The minimum absolute atomic E-state index is 0.112. The molecule has 0 aliphatic carbocycles. The molecule has 5 heteroatoms. The number of anilines is 1. The zero-order chi connectivity index (χ0) is 16.1. The van der Waals surface area contributed by atoms with E-state index < -0.39 is 0 Å². The van der Waals surface area contributed by atoms with Gasteiger partial charge in [-0.1, -0.05) is 0 Å². The van der Waals surface area contributed by atoms with E-state index >= 15 is 0 Å². The molecule has 0 atom stereocenters. The van der Waals surface area contributed by atoms with E-state index in [9.17, 15) is 4.79 Å². The van der Waals surface area contributed by atoms with Gasteiger partial charge in [0.2, 0.25) is 5.91 Å². The van der Waals surface area contributed by atoms with Crippen molar-refractivity contribution in [2.75, 3.05) is 18.4 Å². The molecule has 1 aliphatic rings. The number of carbonyl (C=O) groups excluding carboxylic acids is 1. The number of hydrogen-bond donors (Lipinski definition) is 2. The largest absolute Gasteiger partial charge is 0.326 e. The molecular formula is C18H23N3OS. The van der Waals surface area contributed by atoms with Crippen molar-refractivity contribution in [1.82, 2.24) is 10.3 Å². The molecule has 0 saturated carbocycles. The van der Waals surface area contributed by atoms with Gasteiger partial charge in [0.25, 0.3) is 0 Å². The molecule has 1 aromatic heterocycles. The molecule has 1 fully saturated rings. The molecule has 0 spiro atoms. The molecule has 4 nitrogen and oxygen atoms in total. The van der Waals surface area contributed by atoms with Crippen molar-refractivity contribution in [2.24, 2.45) is 5.92 Å². The Bertz CT molecular complexity index is 645. The molecule has 2 heterocycles. The second kappa shape index (κ2) is 7.70. The summed E-state index contributed by atoms with van der Waals surface area (Å²) >= 11 is 1.64. The number of nitrogens with one attached hydrogen (secondary N) is 2. The van der Waals surface area contributed by atoms with Gasteiger partial charge < -0.3 is 10.6 Å². The first-order chi connectivity index (χ1) is 11.2. The molecule has 2 aromatic rings. The Hall–Kier alpha value is -1.72. The van der Waals surface area contributed by atoms with Crippen LogP contribution in [0.3, 0.4) is 0 Å². The van der Waals surface area contributed by atoms with Gasteiger partial charge in [0.05, 0.1) is 0 Å². The minimum atomic E-state index is 0.112. The fourth-order valence-corrected chi connectivity index (χ4v) is 3.72. The smallest absolute Gasteiger partial charge is 0.224 e. The van der Waals surface area contributed by atoms with E-state index in [-0.39, 0.29) is 5.91 Å². The first-order valence-corrected chi connectivity index (χ1v) is 9.12. The summed E-state index contributed by atoms with van der Waals surface area (Å²) in [5, 5.41) is 9.42. The van der Waals surface area contributed by atoms with Gasteiger partial charge in [-0.2, -0.15) is 0 Å². The maximum Gasteiger partial charge on any atom is 0.224 e. The minimum Gasteiger partial charge on any atom is -0.326 e. The molecule has 23 heavy (non-hydrogen) atoms. The Morgan fingerprint density at radius 2 is 2.04 bits per heavy atom. The Morgan fingerprint density at radius 1 is 1.30 bits per heavy atom. The number of amides is 1. The molecule has 122 valence electrons. The van der Waals surface area contributed by atoms with Crippen molar-refractivity contribution < 1.29 is 4.79 Å². The summed E-state index contributed by atoms with van der Waals surface area (Å²) in [4.78, 5) is 16.6. The van der Waals surface area contributed by atoms with E-state index in [0.29, 0.717) is 12.3 Å². The third-order valence-corrected chi connectivity index (χ3v) is 5.28. The SMILES string of the molecule is Cc1csc(-c2ccc(NC(=O)CCC3CCNCC3)cc2)n1. The van der Waals surface area contributed by atoms with Crippen LogP contribution in [-0.2, 0) is 4.79 Å². The molecule has 3 rings (SSSR count). The van der Waals surface area contributed by atoms with Crippen molar-refractivity contribution >= 4 is 22.9 Å². The van der Waals surface area contributed by atoms with Gasteiger partial charge in [0.15, 0.2) is 0 Å². The van der Waals surface area contributed by atoms with Crippen LogP contribution in [0.5, 0.6) is 0 Å². The number of carbonyl (C=O) groups is 1. The second-order valence-corrected chi connectivity index (χ2v) is 7.01. The summed E-state index contributed by atoms with van der Waals surface area (Å²) in [5.74, 6) is 0.805. The van der Waals surface area contributed by atoms with Crippen LogP contribution in [0.25, 0.3) is 10.6 Å². The summed E-state index contributed by atoms with van der Waals surface area (Å²) in [6, 6.07) is 7.93. The van der Waals surface area contributed by atoms with Crippen molar-refractivity contribution in [3.63, 3.8) is 0 Å². The average molecular weight is 329 g/mol. The third kappa shape index (κ3) is 4.62. The molecule has 0 radical (unpaired) electrons. The van der Waals surface area contributed by atoms with Crippen molar-refractivity contribution in [3.05, 3.63) is 35.3 Å². The number of piperidine rings is 1. The topological polar surface area (TPSA) is 54.0 Å². The van der Waals surface area contributed by atoms with Crippen molar-refractivity contribution in [1.29, 1.82) is 0 Å². The van der Waals surface area contributed by atoms with Crippen LogP contribution in [0.15, 0.2) is 29.6 Å². The Labute approximate surface area is 141 Å². The molecule has 1 aromatic carbocycles. The summed E-state index contributed by atoms with van der Waals surface area (Å²) in [7, 11) is 0. The van der Waals surface area contributed by atoms with Gasteiger partial charge in [0.1, 0.15) is 5.01 Å². The first kappa shape index (κ1) is 16.1. The second-order valence-electron chi connectivity index (χ2n) is 6.15. The lowest BCUT2D eigenvalue weighted by Gasteiger charge is -2.22. The number of thiazole rings is 1. The van der Waals surface area contributed by atoms with Crippen molar-refractivity contribution in [3.8, 4) is 10.6 Å². The highest BCUT2D eigenvalue weighted by Crippen LogP contribution is 2.25.